The van der Waals surface area contributed by atoms with Crippen LogP contribution in [0.1, 0.15) is 13.8 Å². The number of nitrogens with one attached hydrogen (secondary N) is 1. The first-order valence-corrected chi connectivity index (χ1v) is 8.16. The topological polar surface area (TPSA) is 58.6 Å². The van der Waals surface area contributed by atoms with E-state index in [1.165, 1.54) is 16.4 Å². The number of sulfonamides is 1. The third kappa shape index (κ3) is 3.71. The molecule has 124 valence electrons. The van der Waals surface area contributed by atoms with E-state index in [0.29, 0.717) is 6.54 Å². The van der Waals surface area contributed by atoms with Crippen LogP contribution >= 0.6 is 0 Å². The monoisotopic (exact) mass is 338 g/mol. The molecule has 1 aromatic carbocycles. The fourth-order valence-electron chi connectivity index (χ4n) is 2.33. The van der Waals surface area contributed by atoms with Crippen molar-refractivity contribution >= 4 is 10.0 Å². The van der Waals surface area contributed by atoms with Gasteiger partial charge in [-0.3, -0.25) is 0 Å². The Balaban J connectivity index is 2.31. The van der Waals surface area contributed by atoms with Crippen LogP contribution in [0.5, 0.6) is 5.75 Å². The molecule has 1 heterocycles. The van der Waals surface area contributed by atoms with Crippen LogP contribution in [0.25, 0.3) is 0 Å². The minimum absolute atomic E-state index is 0.0434. The Morgan fingerprint density at radius 3 is 2.64 bits per heavy atom. The fraction of sp³-hybridized carbons (Fsp3) is 0.538. The molecule has 1 aliphatic heterocycles. The highest BCUT2D eigenvalue weighted by atomic mass is 32.2. The molecule has 0 aromatic heterocycles. The van der Waals surface area contributed by atoms with Crippen LogP contribution in [0.2, 0.25) is 0 Å². The first-order chi connectivity index (χ1) is 10.1. The molecule has 0 spiro atoms. The molecule has 0 saturated carbocycles. The van der Waals surface area contributed by atoms with Crippen LogP contribution in [-0.2, 0) is 10.0 Å². The summed E-state index contributed by atoms with van der Waals surface area (Å²) in [6.07, 6.45) is -4.86. The van der Waals surface area contributed by atoms with Gasteiger partial charge in [0.2, 0.25) is 10.0 Å². The maximum absolute atomic E-state index is 12.6. The minimum atomic E-state index is -4.86. The quantitative estimate of drug-likeness (QED) is 0.915. The number of halogens is 3. The van der Waals surface area contributed by atoms with Crippen molar-refractivity contribution in [1.82, 2.24) is 9.62 Å². The highest BCUT2D eigenvalue weighted by Crippen LogP contribution is 2.27. The predicted molar refractivity (Wildman–Crippen MR) is 73.9 cm³/mol. The first kappa shape index (κ1) is 17.0. The van der Waals surface area contributed by atoms with Gasteiger partial charge in [-0.25, -0.2) is 8.42 Å². The Kier molecular flexibility index (Phi) is 4.69. The zero-order valence-corrected chi connectivity index (χ0v) is 12.9. The van der Waals surface area contributed by atoms with Crippen LogP contribution in [0.4, 0.5) is 13.2 Å². The first-order valence-electron chi connectivity index (χ1n) is 6.72. The highest BCUT2D eigenvalue weighted by molar-refractivity contribution is 7.89. The van der Waals surface area contributed by atoms with E-state index in [9.17, 15) is 21.6 Å². The van der Waals surface area contributed by atoms with E-state index >= 15 is 0 Å². The summed E-state index contributed by atoms with van der Waals surface area (Å²) < 4.78 is 67.1. The second kappa shape index (κ2) is 6.05. The summed E-state index contributed by atoms with van der Waals surface area (Å²) in [5.74, 6) is -0.551. The molecule has 1 aliphatic rings. The van der Waals surface area contributed by atoms with Crippen LogP contribution in [-0.4, -0.2) is 44.3 Å². The van der Waals surface area contributed by atoms with Gasteiger partial charge in [-0.2, -0.15) is 4.31 Å². The molecule has 1 N–H and O–H groups in total. The summed E-state index contributed by atoms with van der Waals surface area (Å²) >= 11 is 0. The van der Waals surface area contributed by atoms with Gasteiger partial charge in [0.25, 0.3) is 0 Å². The van der Waals surface area contributed by atoms with Crippen molar-refractivity contribution in [1.29, 1.82) is 0 Å². The highest BCUT2D eigenvalue weighted by Gasteiger charge is 2.35. The fourth-order valence-corrected chi connectivity index (χ4v) is 4.07. The van der Waals surface area contributed by atoms with Crippen molar-refractivity contribution in [2.75, 3.05) is 13.1 Å². The van der Waals surface area contributed by atoms with Crippen LogP contribution in [0, 0.1) is 0 Å². The van der Waals surface area contributed by atoms with Crippen molar-refractivity contribution in [2.45, 2.75) is 37.2 Å². The van der Waals surface area contributed by atoms with E-state index in [4.69, 9.17) is 0 Å². The molecule has 0 radical (unpaired) electrons. The lowest BCUT2D eigenvalue weighted by Gasteiger charge is -2.37. The molecule has 2 atom stereocenters. The van der Waals surface area contributed by atoms with Crippen molar-refractivity contribution in [2.24, 2.45) is 0 Å². The second-order valence-electron chi connectivity index (χ2n) is 5.12. The number of hydrogen-bond acceptors (Lipinski definition) is 4. The number of benzene rings is 1. The Morgan fingerprint density at radius 1 is 1.32 bits per heavy atom. The molecular weight excluding hydrogens is 321 g/mol. The predicted octanol–water partition coefficient (Wildman–Crippen LogP) is 1.96. The molecule has 0 amide bonds. The Morgan fingerprint density at radius 2 is 2.00 bits per heavy atom. The molecule has 1 fully saturated rings. The van der Waals surface area contributed by atoms with Gasteiger partial charge < -0.3 is 10.1 Å². The van der Waals surface area contributed by atoms with E-state index in [-0.39, 0.29) is 23.5 Å². The minimum Gasteiger partial charge on any atom is -0.406 e. The molecular formula is C13H17F3N2O3S. The van der Waals surface area contributed by atoms with Crippen molar-refractivity contribution in [3.05, 3.63) is 24.3 Å². The largest absolute Gasteiger partial charge is 0.573 e. The maximum atomic E-state index is 12.6. The third-order valence-corrected chi connectivity index (χ3v) is 5.60. The smallest absolute Gasteiger partial charge is 0.406 e. The Labute approximate surface area is 127 Å². The Bertz CT molecular complexity index is 634. The van der Waals surface area contributed by atoms with E-state index in [0.717, 1.165) is 12.1 Å². The van der Waals surface area contributed by atoms with Gasteiger partial charge in [-0.05, 0) is 26.0 Å². The lowest BCUT2D eigenvalue weighted by Crippen LogP contribution is -2.57. The van der Waals surface area contributed by atoms with E-state index in [1.54, 1.807) is 6.92 Å². The van der Waals surface area contributed by atoms with Crippen molar-refractivity contribution in [3.63, 3.8) is 0 Å². The van der Waals surface area contributed by atoms with Gasteiger partial charge in [0.15, 0.2) is 0 Å². The van der Waals surface area contributed by atoms with E-state index in [2.05, 4.69) is 10.1 Å². The lowest BCUT2D eigenvalue weighted by atomic mass is 10.1. The van der Waals surface area contributed by atoms with Gasteiger partial charge in [0, 0.05) is 31.2 Å². The molecule has 1 saturated heterocycles. The van der Waals surface area contributed by atoms with Gasteiger partial charge in [-0.15, -0.1) is 13.2 Å². The normalized spacial score (nSPS) is 24.2. The third-order valence-electron chi connectivity index (χ3n) is 3.62. The molecule has 5 nitrogen and oxygen atoms in total. The number of nitrogens with zero attached hydrogens (tertiary/aromatic N) is 1. The summed E-state index contributed by atoms with van der Waals surface area (Å²) in [5, 5.41) is 3.15. The average Bonchev–Trinajstić information content (AvgIpc) is 2.40. The lowest BCUT2D eigenvalue weighted by molar-refractivity contribution is -0.274. The van der Waals surface area contributed by atoms with E-state index < -0.39 is 22.1 Å². The number of alkyl halides is 3. The Hall–Kier alpha value is -1.32. The molecule has 0 bridgehead atoms. The number of hydrogen-bond donors (Lipinski definition) is 1. The number of ether oxygens (including phenoxy) is 1. The standard InChI is InChI=1S/C13H17F3N2O3S/c1-9-10(2)18(7-6-17-9)22(19,20)12-5-3-4-11(8-12)21-13(14,15)16/h3-5,8-10,17H,6-7H2,1-2H3. The van der Waals surface area contributed by atoms with Gasteiger partial charge in [-0.1, -0.05) is 6.07 Å². The summed E-state index contributed by atoms with van der Waals surface area (Å²) in [6.45, 7) is 4.36. The molecule has 0 aliphatic carbocycles. The molecule has 2 unspecified atom stereocenters. The van der Waals surface area contributed by atoms with Crippen LogP contribution in [0.15, 0.2) is 29.2 Å². The van der Waals surface area contributed by atoms with Crippen LogP contribution in [0.3, 0.4) is 0 Å². The average molecular weight is 338 g/mol. The van der Waals surface area contributed by atoms with E-state index in [1.807, 2.05) is 6.92 Å². The van der Waals surface area contributed by atoms with Gasteiger partial charge in [0.1, 0.15) is 5.75 Å². The van der Waals surface area contributed by atoms with Crippen LogP contribution < -0.4 is 10.1 Å². The molecule has 22 heavy (non-hydrogen) atoms. The maximum Gasteiger partial charge on any atom is 0.573 e. The zero-order valence-electron chi connectivity index (χ0n) is 12.1. The molecule has 2 rings (SSSR count). The van der Waals surface area contributed by atoms with Gasteiger partial charge in [0.05, 0.1) is 4.90 Å². The summed E-state index contributed by atoms with van der Waals surface area (Å²) in [7, 11) is -3.88. The molecule has 9 heteroatoms. The SMILES string of the molecule is CC1NCCN(S(=O)(=O)c2cccc(OC(F)(F)F)c2)C1C. The summed E-state index contributed by atoms with van der Waals surface area (Å²) in [5.41, 5.74) is 0. The van der Waals surface area contributed by atoms with Crippen molar-refractivity contribution in [3.8, 4) is 5.75 Å². The summed E-state index contributed by atoms with van der Waals surface area (Å²) in [6, 6.07) is 4.10. The number of rotatable bonds is 3. The number of piperazine rings is 1. The zero-order chi connectivity index (χ0) is 16.5. The molecule has 1 aromatic rings. The van der Waals surface area contributed by atoms with Crippen molar-refractivity contribution < 1.29 is 26.3 Å². The van der Waals surface area contributed by atoms with Gasteiger partial charge >= 0.3 is 6.36 Å². The summed E-state index contributed by atoms with van der Waals surface area (Å²) in [4.78, 5) is -0.213. The second-order valence-corrected chi connectivity index (χ2v) is 7.01.